The highest BCUT2D eigenvalue weighted by Gasteiger charge is 2.14. The summed E-state index contributed by atoms with van der Waals surface area (Å²) >= 11 is 0. The highest BCUT2D eigenvalue weighted by atomic mass is 16.5. The van der Waals surface area contributed by atoms with Crippen LogP contribution in [0.15, 0.2) is 91.1 Å². The smallest absolute Gasteiger partial charge is 0.330 e. The molecule has 1 amide bonds. The van der Waals surface area contributed by atoms with E-state index in [-0.39, 0.29) is 18.4 Å². The van der Waals surface area contributed by atoms with Gasteiger partial charge in [-0.1, -0.05) is 66.7 Å². The maximum Gasteiger partial charge on any atom is 0.330 e. The van der Waals surface area contributed by atoms with E-state index in [9.17, 15) is 9.59 Å². The van der Waals surface area contributed by atoms with Crippen LogP contribution in [-0.2, 0) is 27.3 Å². The molecule has 1 heterocycles. The molecule has 0 unspecified atom stereocenters. The Labute approximate surface area is 206 Å². The Morgan fingerprint density at radius 1 is 0.943 bits per heavy atom. The predicted molar refractivity (Wildman–Crippen MR) is 141 cm³/mol. The number of benzene rings is 3. The fourth-order valence-corrected chi connectivity index (χ4v) is 4.08. The van der Waals surface area contributed by atoms with E-state index in [1.54, 1.807) is 17.9 Å². The van der Waals surface area contributed by atoms with Gasteiger partial charge in [-0.2, -0.15) is 0 Å². The third-order valence-corrected chi connectivity index (χ3v) is 6.01. The van der Waals surface area contributed by atoms with Crippen LogP contribution in [0.1, 0.15) is 18.1 Å². The molecule has 0 N–H and O–H groups in total. The largest absolute Gasteiger partial charge is 0.463 e. The van der Waals surface area contributed by atoms with Crippen molar-refractivity contribution in [3.63, 3.8) is 0 Å². The lowest BCUT2D eigenvalue weighted by atomic mass is 10.0. The van der Waals surface area contributed by atoms with Crippen LogP contribution in [0.25, 0.3) is 28.1 Å². The molecule has 3 aromatic carbocycles. The number of carbonyl (C=O) groups excluding carboxylic acids is 2. The second kappa shape index (κ2) is 11.3. The number of ether oxygens (including phenoxy) is 1. The van der Waals surface area contributed by atoms with Gasteiger partial charge >= 0.3 is 5.97 Å². The molecule has 0 spiro atoms. The SMILES string of the molecule is CCOC(=O)/C=C/c1cn(CC(=O)N(C)CCc2ccccc2)c2ccc(-c3ccccc3)cc12. The lowest BCUT2D eigenvalue weighted by Gasteiger charge is -2.18. The van der Waals surface area contributed by atoms with E-state index in [2.05, 4.69) is 36.4 Å². The lowest BCUT2D eigenvalue weighted by Crippen LogP contribution is -2.31. The number of hydrogen-bond donors (Lipinski definition) is 0. The number of esters is 1. The van der Waals surface area contributed by atoms with Gasteiger partial charge in [-0.15, -0.1) is 0 Å². The first-order chi connectivity index (χ1) is 17.0. The van der Waals surface area contributed by atoms with Crippen molar-refractivity contribution in [2.45, 2.75) is 19.9 Å². The summed E-state index contributed by atoms with van der Waals surface area (Å²) in [6, 6.07) is 26.5. The van der Waals surface area contributed by atoms with E-state index in [1.807, 2.05) is 60.3 Å². The quantitative estimate of drug-likeness (QED) is 0.239. The number of hydrogen-bond acceptors (Lipinski definition) is 3. The zero-order valence-corrected chi connectivity index (χ0v) is 20.2. The molecule has 5 nitrogen and oxygen atoms in total. The number of amides is 1. The maximum absolute atomic E-state index is 13.0. The first-order valence-corrected chi connectivity index (χ1v) is 11.9. The molecule has 0 aliphatic carbocycles. The fraction of sp³-hybridized carbons (Fsp3) is 0.200. The Morgan fingerprint density at radius 2 is 1.66 bits per heavy atom. The fourth-order valence-electron chi connectivity index (χ4n) is 4.08. The van der Waals surface area contributed by atoms with Gasteiger partial charge in [-0.25, -0.2) is 4.79 Å². The average molecular weight is 467 g/mol. The topological polar surface area (TPSA) is 51.5 Å². The number of nitrogens with zero attached hydrogens (tertiary/aromatic N) is 2. The molecule has 0 aliphatic heterocycles. The van der Waals surface area contributed by atoms with Gasteiger partial charge in [-0.05, 0) is 48.2 Å². The minimum absolute atomic E-state index is 0.0332. The average Bonchev–Trinajstić information content (AvgIpc) is 3.23. The van der Waals surface area contributed by atoms with Crippen molar-refractivity contribution in [1.29, 1.82) is 0 Å². The molecule has 0 saturated heterocycles. The van der Waals surface area contributed by atoms with E-state index < -0.39 is 0 Å². The summed E-state index contributed by atoms with van der Waals surface area (Å²) < 4.78 is 7.00. The Morgan fingerprint density at radius 3 is 2.37 bits per heavy atom. The summed E-state index contributed by atoms with van der Waals surface area (Å²) in [5.41, 5.74) is 5.20. The Bertz CT molecular complexity index is 1320. The highest BCUT2D eigenvalue weighted by Crippen LogP contribution is 2.29. The second-order valence-electron chi connectivity index (χ2n) is 8.45. The summed E-state index contributed by atoms with van der Waals surface area (Å²) in [6.45, 7) is 2.98. The van der Waals surface area contributed by atoms with Crippen molar-refractivity contribution in [1.82, 2.24) is 9.47 Å². The summed E-state index contributed by atoms with van der Waals surface area (Å²) in [5.74, 6) is -0.352. The van der Waals surface area contributed by atoms with E-state index in [1.165, 1.54) is 11.6 Å². The monoisotopic (exact) mass is 466 g/mol. The molecule has 0 bridgehead atoms. The molecule has 0 atom stereocenters. The van der Waals surface area contributed by atoms with Crippen molar-refractivity contribution in [3.8, 4) is 11.1 Å². The van der Waals surface area contributed by atoms with Gasteiger partial charge < -0.3 is 14.2 Å². The zero-order chi connectivity index (χ0) is 24.6. The number of carbonyl (C=O) groups is 2. The number of likely N-dealkylation sites (N-methyl/N-ethyl adjacent to an activating group) is 1. The van der Waals surface area contributed by atoms with Crippen LogP contribution < -0.4 is 0 Å². The van der Waals surface area contributed by atoms with Crippen molar-refractivity contribution in [3.05, 3.63) is 102 Å². The van der Waals surface area contributed by atoms with Crippen LogP contribution in [0.2, 0.25) is 0 Å². The normalized spacial score (nSPS) is 11.1. The Kier molecular flexibility index (Phi) is 7.78. The van der Waals surface area contributed by atoms with Crippen LogP contribution in [0, 0.1) is 0 Å². The summed E-state index contributed by atoms with van der Waals surface area (Å²) in [5, 5.41) is 0.978. The van der Waals surface area contributed by atoms with E-state index in [0.29, 0.717) is 13.2 Å². The molecule has 1 aromatic heterocycles. The van der Waals surface area contributed by atoms with E-state index in [4.69, 9.17) is 4.74 Å². The molecular weight excluding hydrogens is 436 g/mol. The Hall–Kier alpha value is -4.12. The Balaban J connectivity index is 1.60. The summed E-state index contributed by atoms with van der Waals surface area (Å²) in [7, 11) is 1.84. The molecular formula is C30H30N2O3. The van der Waals surface area contributed by atoms with Crippen LogP contribution in [-0.4, -0.2) is 41.5 Å². The molecule has 0 fully saturated rings. The minimum atomic E-state index is -0.385. The highest BCUT2D eigenvalue weighted by molar-refractivity contribution is 5.97. The summed E-state index contributed by atoms with van der Waals surface area (Å²) in [6.07, 6.45) is 5.93. The molecule has 0 saturated carbocycles. The molecule has 4 rings (SSSR count). The van der Waals surface area contributed by atoms with Crippen molar-refractivity contribution in [2.24, 2.45) is 0 Å². The van der Waals surface area contributed by atoms with Gasteiger partial charge in [-0.3, -0.25) is 4.79 Å². The molecule has 178 valence electrons. The van der Waals surface area contributed by atoms with Crippen LogP contribution in [0.3, 0.4) is 0 Å². The van der Waals surface area contributed by atoms with Gasteiger partial charge in [0.15, 0.2) is 0 Å². The van der Waals surface area contributed by atoms with E-state index in [0.717, 1.165) is 34.0 Å². The first-order valence-electron chi connectivity index (χ1n) is 11.9. The number of aromatic nitrogens is 1. The molecule has 0 aliphatic rings. The van der Waals surface area contributed by atoms with Crippen molar-refractivity contribution in [2.75, 3.05) is 20.2 Å². The lowest BCUT2D eigenvalue weighted by molar-refractivity contribution is -0.137. The standard InChI is InChI=1S/C30H30N2O3/c1-3-35-30(34)17-15-26-21-32(22-29(33)31(2)19-18-23-10-6-4-7-11-23)28-16-14-25(20-27(26)28)24-12-8-5-9-13-24/h4-17,20-21H,3,18-19,22H2,1-2H3/b17-15+. The zero-order valence-electron chi connectivity index (χ0n) is 20.2. The van der Waals surface area contributed by atoms with Crippen molar-refractivity contribution < 1.29 is 14.3 Å². The van der Waals surface area contributed by atoms with Gasteiger partial charge in [0.05, 0.1) is 6.61 Å². The van der Waals surface area contributed by atoms with Gasteiger partial charge in [0.2, 0.25) is 5.91 Å². The summed E-state index contributed by atoms with van der Waals surface area (Å²) in [4.78, 5) is 26.7. The van der Waals surface area contributed by atoms with Crippen LogP contribution in [0.4, 0.5) is 0 Å². The molecule has 5 heteroatoms. The van der Waals surface area contributed by atoms with Crippen LogP contribution in [0.5, 0.6) is 0 Å². The van der Waals surface area contributed by atoms with Gasteiger partial charge in [0.1, 0.15) is 6.54 Å². The molecule has 0 radical (unpaired) electrons. The molecule has 4 aromatic rings. The first kappa shape index (κ1) is 24.0. The van der Waals surface area contributed by atoms with Gasteiger partial charge in [0.25, 0.3) is 0 Å². The number of rotatable bonds is 9. The minimum Gasteiger partial charge on any atom is -0.463 e. The second-order valence-corrected chi connectivity index (χ2v) is 8.45. The molecule has 35 heavy (non-hydrogen) atoms. The van der Waals surface area contributed by atoms with Crippen LogP contribution >= 0.6 is 0 Å². The third-order valence-electron chi connectivity index (χ3n) is 6.01. The maximum atomic E-state index is 13.0. The predicted octanol–water partition coefficient (Wildman–Crippen LogP) is 5.59. The number of fused-ring (bicyclic) bond motifs is 1. The third kappa shape index (κ3) is 6.07. The van der Waals surface area contributed by atoms with E-state index >= 15 is 0 Å². The van der Waals surface area contributed by atoms with Gasteiger partial charge in [0, 0.05) is 42.3 Å². The van der Waals surface area contributed by atoms with Crippen molar-refractivity contribution >= 4 is 28.9 Å².